The normalized spacial score (nSPS) is 24.2. The largest absolute Gasteiger partial charge is 0.457 e. The fraction of sp³-hybridized carbons (Fsp3) is 0.471. The van der Waals surface area contributed by atoms with E-state index in [1.165, 1.54) is 18.1 Å². The summed E-state index contributed by atoms with van der Waals surface area (Å²) in [7, 11) is 0. The van der Waals surface area contributed by atoms with Gasteiger partial charge in [0.05, 0.1) is 0 Å². The highest BCUT2D eigenvalue weighted by Crippen LogP contribution is 2.41. The molecule has 19 heavy (non-hydrogen) atoms. The number of hydrogen-bond donors (Lipinski definition) is 0. The molecule has 2 heteroatoms. The van der Waals surface area contributed by atoms with Gasteiger partial charge in [-0.3, -0.25) is 4.79 Å². The van der Waals surface area contributed by atoms with E-state index in [2.05, 4.69) is 32.1 Å². The van der Waals surface area contributed by atoms with Crippen molar-refractivity contribution in [1.29, 1.82) is 0 Å². The lowest BCUT2D eigenvalue weighted by Gasteiger charge is -2.39. The van der Waals surface area contributed by atoms with Gasteiger partial charge in [0.25, 0.3) is 0 Å². The fourth-order valence-electron chi connectivity index (χ4n) is 2.82. The van der Waals surface area contributed by atoms with Crippen molar-refractivity contribution in [1.82, 2.24) is 0 Å². The Morgan fingerprint density at radius 1 is 1.32 bits per heavy atom. The number of esters is 1. The molecule has 102 valence electrons. The first-order chi connectivity index (χ1) is 8.99. The third-order valence-corrected chi connectivity index (χ3v) is 3.77. The highest BCUT2D eigenvalue weighted by molar-refractivity contribution is 5.67. The maximum absolute atomic E-state index is 11.3. The van der Waals surface area contributed by atoms with Gasteiger partial charge in [-0.05, 0) is 30.4 Å². The number of ether oxygens (including phenoxy) is 1. The molecule has 0 amide bonds. The molecule has 0 bridgehead atoms. The van der Waals surface area contributed by atoms with Crippen molar-refractivity contribution in [3.63, 3.8) is 0 Å². The van der Waals surface area contributed by atoms with Crippen molar-refractivity contribution in [2.45, 2.75) is 46.1 Å². The fourth-order valence-corrected chi connectivity index (χ4v) is 2.82. The van der Waals surface area contributed by atoms with Gasteiger partial charge in [0.15, 0.2) is 0 Å². The van der Waals surface area contributed by atoms with E-state index < -0.39 is 0 Å². The monoisotopic (exact) mass is 258 g/mol. The molecule has 0 spiro atoms. The van der Waals surface area contributed by atoms with Crippen LogP contribution >= 0.6 is 0 Å². The molecule has 1 saturated carbocycles. The number of rotatable bonds is 2. The summed E-state index contributed by atoms with van der Waals surface area (Å²) < 4.78 is 5.58. The van der Waals surface area contributed by atoms with Crippen molar-refractivity contribution in [3.05, 3.63) is 41.5 Å². The van der Waals surface area contributed by atoms with Gasteiger partial charge >= 0.3 is 5.97 Å². The van der Waals surface area contributed by atoms with Crippen LogP contribution in [0.1, 0.15) is 45.6 Å². The molecule has 1 aliphatic rings. The Bertz CT molecular complexity index is 471. The van der Waals surface area contributed by atoms with E-state index in [1.54, 1.807) is 0 Å². The minimum Gasteiger partial charge on any atom is -0.457 e. The zero-order valence-corrected chi connectivity index (χ0v) is 12.0. The summed E-state index contributed by atoms with van der Waals surface area (Å²) >= 11 is 0. The summed E-state index contributed by atoms with van der Waals surface area (Å²) in [6.45, 7) is 5.85. The van der Waals surface area contributed by atoms with Gasteiger partial charge in [-0.1, -0.05) is 50.3 Å². The van der Waals surface area contributed by atoms with Crippen molar-refractivity contribution in [2.75, 3.05) is 0 Å². The summed E-state index contributed by atoms with van der Waals surface area (Å²) in [4.78, 5) is 11.3. The van der Waals surface area contributed by atoms with Crippen molar-refractivity contribution in [3.8, 4) is 0 Å². The second kappa shape index (κ2) is 5.60. The molecule has 0 radical (unpaired) electrons. The van der Waals surface area contributed by atoms with Crippen LogP contribution in [-0.2, 0) is 9.53 Å². The van der Waals surface area contributed by atoms with Gasteiger partial charge in [0, 0.05) is 12.3 Å². The Morgan fingerprint density at radius 3 is 2.63 bits per heavy atom. The number of benzene rings is 1. The molecule has 1 unspecified atom stereocenters. The Balaban J connectivity index is 2.30. The van der Waals surface area contributed by atoms with Crippen LogP contribution in [0.15, 0.2) is 35.9 Å². The summed E-state index contributed by atoms with van der Waals surface area (Å²) in [6.07, 6.45) is 5.34. The molecule has 0 aromatic heterocycles. The minimum atomic E-state index is -0.195. The molecular formula is C17H22O2. The van der Waals surface area contributed by atoms with E-state index in [1.807, 2.05) is 18.2 Å². The lowest BCUT2D eigenvalue weighted by Crippen LogP contribution is -2.38. The molecule has 0 heterocycles. The lowest BCUT2D eigenvalue weighted by molar-refractivity contribution is -0.151. The van der Waals surface area contributed by atoms with Crippen LogP contribution in [-0.4, -0.2) is 12.1 Å². The van der Waals surface area contributed by atoms with E-state index in [0.29, 0.717) is 0 Å². The second-order valence-corrected chi connectivity index (χ2v) is 5.96. The van der Waals surface area contributed by atoms with E-state index in [-0.39, 0.29) is 17.5 Å². The number of carbonyl (C=O) groups excluding carboxylic acids is 1. The summed E-state index contributed by atoms with van der Waals surface area (Å²) in [5.74, 6) is -0.195. The third kappa shape index (κ3) is 3.46. The predicted octanol–water partition coefficient (Wildman–Crippen LogP) is 4.21. The molecule has 1 atom stereocenters. The molecule has 1 fully saturated rings. The van der Waals surface area contributed by atoms with Crippen LogP contribution in [0.2, 0.25) is 0 Å². The summed E-state index contributed by atoms with van der Waals surface area (Å²) in [5, 5.41) is 0. The van der Waals surface area contributed by atoms with Crippen molar-refractivity contribution in [2.24, 2.45) is 5.41 Å². The highest BCUT2D eigenvalue weighted by Gasteiger charge is 2.37. The van der Waals surface area contributed by atoms with E-state index in [4.69, 9.17) is 4.74 Å². The number of carbonyl (C=O) groups is 1. The topological polar surface area (TPSA) is 26.3 Å². The van der Waals surface area contributed by atoms with Gasteiger partial charge in [0.2, 0.25) is 0 Å². The first-order valence-corrected chi connectivity index (χ1v) is 6.92. The first-order valence-electron chi connectivity index (χ1n) is 6.92. The SMILES string of the molecule is CC(=O)OC1/C(=C/c2ccccc2)CCCC1(C)C. The standard InChI is InChI=1S/C17H22O2/c1-13(18)19-16-15(10-7-11-17(16,2)3)12-14-8-5-4-6-9-14/h4-6,8-9,12,16H,7,10-11H2,1-3H3/b15-12+. The molecule has 1 aliphatic carbocycles. The van der Waals surface area contributed by atoms with E-state index in [0.717, 1.165) is 19.3 Å². The average Bonchev–Trinajstić information content (AvgIpc) is 2.34. The maximum Gasteiger partial charge on any atom is 0.303 e. The molecule has 0 N–H and O–H groups in total. The Labute approximate surface area is 115 Å². The van der Waals surface area contributed by atoms with Crippen molar-refractivity contribution < 1.29 is 9.53 Å². The van der Waals surface area contributed by atoms with Gasteiger partial charge in [0.1, 0.15) is 6.10 Å². The maximum atomic E-state index is 11.3. The summed E-state index contributed by atoms with van der Waals surface area (Å²) in [6, 6.07) is 10.2. The molecule has 1 aromatic carbocycles. The molecule has 1 aromatic rings. The van der Waals surface area contributed by atoms with E-state index in [9.17, 15) is 4.79 Å². The molecular weight excluding hydrogens is 236 g/mol. The first kappa shape index (κ1) is 13.9. The smallest absolute Gasteiger partial charge is 0.303 e. The quantitative estimate of drug-likeness (QED) is 0.743. The van der Waals surface area contributed by atoms with Crippen LogP contribution in [0.25, 0.3) is 6.08 Å². The van der Waals surface area contributed by atoms with E-state index >= 15 is 0 Å². The highest BCUT2D eigenvalue weighted by atomic mass is 16.5. The zero-order valence-electron chi connectivity index (χ0n) is 12.0. The average molecular weight is 258 g/mol. The van der Waals surface area contributed by atoms with Crippen LogP contribution < -0.4 is 0 Å². The minimum absolute atomic E-state index is 0.0184. The number of hydrogen-bond acceptors (Lipinski definition) is 2. The van der Waals surface area contributed by atoms with Crippen LogP contribution in [0.3, 0.4) is 0 Å². The summed E-state index contributed by atoms with van der Waals surface area (Å²) in [5.41, 5.74) is 2.43. The predicted molar refractivity (Wildman–Crippen MR) is 77.6 cm³/mol. The molecule has 2 nitrogen and oxygen atoms in total. The Morgan fingerprint density at radius 2 is 2.00 bits per heavy atom. The molecule has 0 saturated heterocycles. The Hall–Kier alpha value is -1.57. The van der Waals surface area contributed by atoms with Gasteiger partial charge in [-0.15, -0.1) is 0 Å². The lowest BCUT2D eigenvalue weighted by atomic mass is 9.72. The molecule has 0 aliphatic heterocycles. The van der Waals surface area contributed by atoms with Crippen LogP contribution in [0.4, 0.5) is 0 Å². The van der Waals surface area contributed by atoms with Crippen LogP contribution in [0, 0.1) is 5.41 Å². The van der Waals surface area contributed by atoms with Crippen LogP contribution in [0.5, 0.6) is 0 Å². The van der Waals surface area contributed by atoms with Gasteiger partial charge < -0.3 is 4.74 Å². The Kier molecular flexibility index (Phi) is 4.08. The van der Waals surface area contributed by atoms with Gasteiger partial charge in [-0.2, -0.15) is 0 Å². The van der Waals surface area contributed by atoms with Gasteiger partial charge in [-0.25, -0.2) is 0 Å². The third-order valence-electron chi connectivity index (χ3n) is 3.77. The zero-order chi connectivity index (χ0) is 13.9. The second-order valence-electron chi connectivity index (χ2n) is 5.96. The van der Waals surface area contributed by atoms with Crippen molar-refractivity contribution >= 4 is 12.0 Å². The molecule has 2 rings (SSSR count).